The summed E-state index contributed by atoms with van der Waals surface area (Å²) in [5.41, 5.74) is -1.39. The largest absolute Gasteiger partial charge is 0.478 e. The smallest absolute Gasteiger partial charge is 0.350 e. The Hall–Kier alpha value is -1.39. The number of rotatable bonds is 4. The lowest BCUT2D eigenvalue weighted by molar-refractivity contribution is -0.161. The number of carboxylic acids is 1. The van der Waals surface area contributed by atoms with Crippen LogP contribution < -0.4 is 0 Å². The van der Waals surface area contributed by atoms with Crippen LogP contribution in [0.1, 0.15) is 13.8 Å². The van der Waals surface area contributed by atoms with E-state index in [2.05, 4.69) is 9.99 Å². The van der Waals surface area contributed by atoms with Crippen LogP contribution in [0.15, 0.2) is 5.16 Å². The zero-order valence-electron chi connectivity index (χ0n) is 6.27. The number of carbonyl (C=O) groups is 2. The fraction of sp³-hybridized carbons (Fsp3) is 0.500. The van der Waals surface area contributed by atoms with Crippen LogP contribution in [-0.2, 0) is 14.4 Å². The summed E-state index contributed by atoms with van der Waals surface area (Å²) in [7, 11) is 0. The highest BCUT2D eigenvalue weighted by molar-refractivity contribution is 6.12. The number of aliphatic carboxylic acids is 1. The molecule has 5 heteroatoms. The van der Waals surface area contributed by atoms with Crippen molar-refractivity contribution < 1.29 is 19.5 Å². The standard InChI is InChI=1S/C6H9NO4/c1-6(2,5(9)10)11-7-3-4-8/h3-4H,1-2H3,(H,9,10). The third-order valence-electron chi connectivity index (χ3n) is 0.918. The first kappa shape index (κ1) is 9.61. The number of carboxylic acid groups (broad SMARTS) is 1. The summed E-state index contributed by atoms with van der Waals surface area (Å²) >= 11 is 0. The fourth-order valence-electron chi connectivity index (χ4n) is 0.226. The second kappa shape index (κ2) is 3.70. The van der Waals surface area contributed by atoms with Crippen molar-refractivity contribution in [1.82, 2.24) is 0 Å². The van der Waals surface area contributed by atoms with Gasteiger partial charge in [-0.05, 0) is 13.8 Å². The molecule has 0 heterocycles. The summed E-state index contributed by atoms with van der Waals surface area (Å²) in [4.78, 5) is 24.5. The van der Waals surface area contributed by atoms with Gasteiger partial charge in [0, 0.05) is 0 Å². The Morgan fingerprint density at radius 1 is 1.64 bits per heavy atom. The molecule has 0 saturated heterocycles. The number of hydrogen-bond donors (Lipinski definition) is 1. The SMILES string of the molecule is CC(C)(ON=CC=O)C(=O)O. The van der Waals surface area contributed by atoms with Crippen molar-refractivity contribution in [3.05, 3.63) is 0 Å². The molecule has 0 aromatic rings. The van der Waals surface area contributed by atoms with E-state index in [9.17, 15) is 9.59 Å². The molecule has 0 amide bonds. The molecule has 0 bridgehead atoms. The van der Waals surface area contributed by atoms with E-state index < -0.39 is 11.6 Å². The van der Waals surface area contributed by atoms with Gasteiger partial charge in [0.2, 0.25) is 5.60 Å². The molecule has 0 aliphatic rings. The average molecular weight is 159 g/mol. The summed E-state index contributed by atoms with van der Waals surface area (Å²) < 4.78 is 0. The van der Waals surface area contributed by atoms with Crippen molar-refractivity contribution in [3.8, 4) is 0 Å². The Morgan fingerprint density at radius 3 is 2.55 bits per heavy atom. The lowest BCUT2D eigenvalue weighted by Crippen LogP contribution is -2.32. The Labute approximate surface area is 63.6 Å². The molecule has 0 aliphatic heterocycles. The van der Waals surface area contributed by atoms with Gasteiger partial charge in [-0.2, -0.15) is 0 Å². The van der Waals surface area contributed by atoms with Crippen molar-refractivity contribution >= 4 is 18.5 Å². The topological polar surface area (TPSA) is 76.0 Å². The molecule has 0 aliphatic carbocycles. The average Bonchev–Trinajstić information content (AvgIpc) is 1.88. The number of carbonyl (C=O) groups excluding carboxylic acids is 1. The molecule has 0 atom stereocenters. The van der Waals surface area contributed by atoms with E-state index >= 15 is 0 Å². The maximum Gasteiger partial charge on any atom is 0.350 e. The summed E-state index contributed by atoms with van der Waals surface area (Å²) in [6.45, 7) is 2.66. The minimum atomic E-state index is -1.39. The van der Waals surface area contributed by atoms with Crippen LogP contribution >= 0.6 is 0 Å². The van der Waals surface area contributed by atoms with Gasteiger partial charge in [0.25, 0.3) is 0 Å². The predicted molar refractivity (Wildman–Crippen MR) is 37.4 cm³/mol. The second-order valence-corrected chi connectivity index (χ2v) is 2.30. The van der Waals surface area contributed by atoms with E-state index in [1.54, 1.807) is 0 Å². The fourth-order valence-corrected chi connectivity index (χ4v) is 0.226. The first-order valence-corrected chi connectivity index (χ1v) is 2.89. The molecule has 5 nitrogen and oxygen atoms in total. The summed E-state index contributed by atoms with van der Waals surface area (Å²) in [6.07, 6.45) is 1.24. The highest BCUT2D eigenvalue weighted by Gasteiger charge is 2.29. The van der Waals surface area contributed by atoms with E-state index in [1.807, 2.05) is 0 Å². The number of nitrogens with zero attached hydrogens (tertiary/aromatic N) is 1. The molecule has 0 radical (unpaired) electrons. The van der Waals surface area contributed by atoms with E-state index in [0.29, 0.717) is 6.29 Å². The lowest BCUT2D eigenvalue weighted by Gasteiger charge is -2.15. The predicted octanol–water partition coefficient (Wildman–Crippen LogP) is 0.0509. The first-order chi connectivity index (χ1) is 5.00. The van der Waals surface area contributed by atoms with Gasteiger partial charge in [-0.15, -0.1) is 0 Å². The van der Waals surface area contributed by atoms with Crippen LogP contribution in [0.3, 0.4) is 0 Å². The molecule has 0 saturated carbocycles. The Balaban J connectivity index is 4.02. The maximum atomic E-state index is 10.3. The van der Waals surface area contributed by atoms with Gasteiger partial charge < -0.3 is 9.94 Å². The Bertz CT molecular complexity index is 185. The van der Waals surface area contributed by atoms with E-state index in [1.165, 1.54) is 13.8 Å². The summed E-state index contributed by atoms with van der Waals surface area (Å²) in [5, 5.41) is 11.6. The van der Waals surface area contributed by atoms with Crippen molar-refractivity contribution in [2.24, 2.45) is 5.16 Å². The number of aldehydes is 1. The molecular weight excluding hydrogens is 150 g/mol. The molecule has 0 aromatic carbocycles. The minimum absolute atomic E-state index is 0.401. The van der Waals surface area contributed by atoms with Crippen LogP contribution in [-0.4, -0.2) is 29.2 Å². The van der Waals surface area contributed by atoms with Crippen LogP contribution in [0, 0.1) is 0 Å². The van der Waals surface area contributed by atoms with Crippen LogP contribution in [0.4, 0.5) is 0 Å². The molecule has 0 fully saturated rings. The van der Waals surface area contributed by atoms with Gasteiger partial charge in [-0.25, -0.2) is 4.79 Å². The molecule has 1 N–H and O–H groups in total. The third kappa shape index (κ3) is 3.34. The van der Waals surface area contributed by atoms with Crippen LogP contribution in [0.5, 0.6) is 0 Å². The maximum absolute atomic E-state index is 10.3. The summed E-state index contributed by atoms with van der Waals surface area (Å²) in [5.74, 6) is -1.14. The van der Waals surface area contributed by atoms with Gasteiger partial charge in [0.05, 0.1) is 0 Å². The monoisotopic (exact) mass is 159 g/mol. The van der Waals surface area contributed by atoms with Gasteiger partial charge >= 0.3 is 5.97 Å². The second-order valence-electron chi connectivity index (χ2n) is 2.30. The number of hydrogen-bond acceptors (Lipinski definition) is 4. The van der Waals surface area contributed by atoms with E-state index in [-0.39, 0.29) is 0 Å². The third-order valence-corrected chi connectivity index (χ3v) is 0.918. The van der Waals surface area contributed by atoms with Crippen LogP contribution in [0.25, 0.3) is 0 Å². The highest BCUT2D eigenvalue weighted by atomic mass is 16.7. The van der Waals surface area contributed by atoms with E-state index in [4.69, 9.17) is 5.11 Å². The molecular formula is C6H9NO4. The molecule has 0 aromatic heterocycles. The van der Waals surface area contributed by atoms with Crippen molar-refractivity contribution in [2.45, 2.75) is 19.4 Å². The normalized spacial score (nSPS) is 11.5. The molecule has 0 spiro atoms. The molecule has 62 valence electrons. The van der Waals surface area contributed by atoms with Gasteiger partial charge in [-0.3, -0.25) is 4.79 Å². The quantitative estimate of drug-likeness (QED) is 0.357. The zero-order chi connectivity index (χ0) is 8.91. The number of oxime groups is 1. The zero-order valence-corrected chi connectivity index (χ0v) is 6.27. The molecule has 0 rings (SSSR count). The van der Waals surface area contributed by atoms with Gasteiger partial charge in [0.15, 0.2) is 6.29 Å². The van der Waals surface area contributed by atoms with Crippen molar-refractivity contribution in [2.75, 3.05) is 0 Å². The minimum Gasteiger partial charge on any atom is -0.478 e. The van der Waals surface area contributed by atoms with Crippen molar-refractivity contribution in [3.63, 3.8) is 0 Å². The Morgan fingerprint density at radius 2 is 2.18 bits per heavy atom. The molecule has 0 unspecified atom stereocenters. The molecule has 11 heavy (non-hydrogen) atoms. The van der Waals surface area contributed by atoms with Crippen LogP contribution in [0.2, 0.25) is 0 Å². The van der Waals surface area contributed by atoms with E-state index in [0.717, 1.165) is 6.21 Å². The Kier molecular flexibility index (Phi) is 3.23. The summed E-state index contributed by atoms with van der Waals surface area (Å²) in [6, 6.07) is 0. The lowest BCUT2D eigenvalue weighted by atomic mass is 10.1. The van der Waals surface area contributed by atoms with Gasteiger partial charge in [-0.1, -0.05) is 5.16 Å². The van der Waals surface area contributed by atoms with Crippen molar-refractivity contribution in [1.29, 1.82) is 0 Å². The first-order valence-electron chi connectivity index (χ1n) is 2.89. The highest BCUT2D eigenvalue weighted by Crippen LogP contribution is 2.08. The van der Waals surface area contributed by atoms with Gasteiger partial charge in [0.1, 0.15) is 6.21 Å².